The second-order valence-electron chi connectivity index (χ2n) is 4.41. The van der Waals surface area contributed by atoms with Crippen LogP contribution in [-0.2, 0) is 4.74 Å². The van der Waals surface area contributed by atoms with Gasteiger partial charge in [0.25, 0.3) is 0 Å². The van der Waals surface area contributed by atoms with Gasteiger partial charge in [0.1, 0.15) is 5.82 Å². The van der Waals surface area contributed by atoms with Crippen LogP contribution in [-0.4, -0.2) is 18.5 Å². The van der Waals surface area contributed by atoms with E-state index in [4.69, 9.17) is 10.5 Å². The molecule has 1 aromatic rings. The maximum Gasteiger partial charge on any atom is 0.137 e. The Morgan fingerprint density at radius 2 is 2.12 bits per heavy atom. The normalized spacial score (nSPS) is 19.2. The largest absolute Gasteiger partial charge is 0.381 e. The third kappa shape index (κ3) is 3.44. The van der Waals surface area contributed by atoms with Crippen molar-refractivity contribution in [1.82, 2.24) is 0 Å². The lowest BCUT2D eigenvalue weighted by Crippen LogP contribution is -2.17. The number of nitrogens with two attached hydrogens (primary N) is 1. The number of thioether (sulfide) groups is 1. The minimum absolute atomic E-state index is 0.119. The summed E-state index contributed by atoms with van der Waals surface area (Å²) >= 11 is 1.62. The Hall–Kier alpha value is -0.580. The fourth-order valence-corrected chi connectivity index (χ4v) is 2.97. The molecule has 2 nitrogen and oxygen atoms in total. The molecule has 0 aromatic heterocycles. The zero-order valence-corrected chi connectivity index (χ0v) is 10.8. The minimum atomic E-state index is -0.156. The summed E-state index contributed by atoms with van der Waals surface area (Å²) in [7, 11) is 0. The Labute approximate surface area is 106 Å². The summed E-state index contributed by atoms with van der Waals surface area (Å²) in [5.41, 5.74) is 6.57. The minimum Gasteiger partial charge on any atom is -0.381 e. The number of benzene rings is 1. The van der Waals surface area contributed by atoms with E-state index in [1.165, 1.54) is 0 Å². The lowest BCUT2D eigenvalue weighted by atomic mass is 10.1. The second-order valence-corrected chi connectivity index (χ2v) is 5.75. The summed E-state index contributed by atoms with van der Waals surface area (Å²) in [5, 5.41) is 0.472. The molecule has 0 radical (unpaired) electrons. The third-order valence-electron chi connectivity index (χ3n) is 2.94. The first-order chi connectivity index (χ1) is 8.16. The molecule has 1 heterocycles. The molecule has 1 aromatic carbocycles. The average Bonchev–Trinajstić information content (AvgIpc) is 2.33. The van der Waals surface area contributed by atoms with Crippen LogP contribution < -0.4 is 5.73 Å². The lowest BCUT2D eigenvalue weighted by molar-refractivity contribution is 0.1000. The molecule has 0 amide bonds. The van der Waals surface area contributed by atoms with Gasteiger partial charge < -0.3 is 10.5 Å². The first-order valence-corrected chi connectivity index (χ1v) is 6.84. The van der Waals surface area contributed by atoms with Gasteiger partial charge in [0.05, 0.1) is 0 Å². The van der Waals surface area contributed by atoms with E-state index >= 15 is 0 Å². The number of hydrogen-bond acceptors (Lipinski definition) is 3. The highest BCUT2D eigenvalue weighted by Gasteiger charge is 2.17. The second kappa shape index (κ2) is 5.85. The van der Waals surface area contributed by atoms with Gasteiger partial charge in [0, 0.05) is 29.4 Å². The van der Waals surface area contributed by atoms with Gasteiger partial charge in [-0.2, -0.15) is 0 Å². The van der Waals surface area contributed by atoms with E-state index < -0.39 is 0 Å². The van der Waals surface area contributed by atoms with E-state index in [1.807, 2.05) is 19.1 Å². The summed E-state index contributed by atoms with van der Waals surface area (Å²) in [6.07, 6.45) is 2.00. The predicted molar refractivity (Wildman–Crippen MR) is 68.7 cm³/mol. The predicted octanol–water partition coefficient (Wildman–Crippen LogP) is 3.12. The molecule has 0 aliphatic carbocycles. The molecular weight excluding hydrogens is 237 g/mol. The van der Waals surface area contributed by atoms with Crippen LogP contribution in [0.25, 0.3) is 0 Å². The number of rotatable bonds is 3. The quantitative estimate of drug-likeness (QED) is 0.901. The molecule has 1 saturated heterocycles. The van der Waals surface area contributed by atoms with Crippen molar-refractivity contribution in [2.24, 2.45) is 5.73 Å². The fraction of sp³-hybridized carbons (Fsp3) is 0.538. The summed E-state index contributed by atoms with van der Waals surface area (Å²) in [5.74, 6) is -0.156. The average molecular weight is 255 g/mol. The molecule has 1 atom stereocenters. The zero-order chi connectivity index (χ0) is 12.3. The van der Waals surface area contributed by atoms with Crippen molar-refractivity contribution in [2.45, 2.75) is 36.0 Å². The summed E-state index contributed by atoms with van der Waals surface area (Å²) in [6, 6.07) is 5.18. The van der Waals surface area contributed by atoms with E-state index in [-0.39, 0.29) is 11.9 Å². The number of hydrogen-bond donors (Lipinski definition) is 1. The van der Waals surface area contributed by atoms with E-state index in [0.29, 0.717) is 5.25 Å². The summed E-state index contributed by atoms with van der Waals surface area (Å²) in [6.45, 7) is 3.44. The Bertz CT molecular complexity index is 378. The van der Waals surface area contributed by atoms with Crippen LogP contribution in [0.5, 0.6) is 0 Å². The molecule has 0 spiro atoms. The molecule has 2 N–H and O–H groups in total. The van der Waals surface area contributed by atoms with Crippen molar-refractivity contribution in [3.05, 3.63) is 29.6 Å². The Kier molecular flexibility index (Phi) is 4.42. The molecule has 1 aliphatic heterocycles. The summed E-state index contributed by atoms with van der Waals surface area (Å²) < 4.78 is 19.2. The van der Waals surface area contributed by atoms with Gasteiger partial charge in [-0.3, -0.25) is 0 Å². The molecule has 2 rings (SSSR count). The van der Waals surface area contributed by atoms with E-state index in [2.05, 4.69) is 0 Å². The van der Waals surface area contributed by atoms with Crippen molar-refractivity contribution >= 4 is 11.8 Å². The van der Waals surface area contributed by atoms with Crippen molar-refractivity contribution < 1.29 is 9.13 Å². The first kappa shape index (κ1) is 12.9. The van der Waals surface area contributed by atoms with E-state index in [9.17, 15) is 4.39 Å². The summed E-state index contributed by atoms with van der Waals surface area (Å²) in [4.78, 5) is 0.723. The standard InChI is InChI=1S/C13H18FNOS/c1-9(15)10-2-3-13(12(14)8-10)17-11-4-6-16-7-5-11/h2-3,8-9,11H,4-7,15H2,1H3/t9-/m0/s1. The van der Waals surface area contributed by atoms with Crippen LogP contribution in [0.15, 0.2) is 23.1 Å². The van der Waals surface area contributed by atoms with Crippen LogP contribution in [0, 0.1) is 5.82 Å². The van der Waals surface area contributed by atoms with Gasteiger partial charge >= 0.3 is 0 Å². The van der Waals surface area contributed by atoms with Gasteiger partial charge in [0.15, 0.2) is 0 Å². The van der Waals surface area contributed by atoms with Crippen molar-refractivity contribution in [2.75, 3.05) is 13.2 Å². The van der Waals surface area contributed by atoms with E-state index in [1.54, 1.807) is 17.8 Å². The molecular formula is C13H18FNOS. The fourth-order valence-electron chi connectivity index (χ4n) is 1.87. The van der Waals surface area contributed by atoms with Gasteiger partial charge in [0.2, 0.25) is 0 Å². The molecule has 0 bridgehead atoms. The van der Waals surface area contributed by atoms with Crippen LogP contribution in [0.1, 0.15) is 31.4 Å². The Morgan fingerprint density at radius 3 is 2.71 bits per heavy atom. The first-order valence-electron chi connectivity index (χ1n) is 5.96. The molecule has 0 unspecified atom stereocenters. The molecule has 1 fully saturated rings. The van der Waals surface area contributed by atoms with Gasteiger partial charge in [-0.25, -0.2) is 4.39 Å². The SMILES string of the molecule is C[C@H](N)c1ccc(SC2CCOCC2)c(F)c1. The van der Waals surface area contributed by atoms with Crippen molar-refractivity contribution in [3.63, 3.8) is 0 Å². The third-order valence-corrected chi connectivity index (χ3v) is 4.33. The van der Waals surface area contributed by atoms with Gasteiger partial charge in [-0.15, -0.1) is 11.8 Å². The van der Waals surface area contributed by atoms with Crippen molar-refractivity contribution in [3.8, 4) is 0 Å². The molecule has 17 heavy (non-hydrogen) atoms. The van der Waals surface area contributed by atoms with E-state index in [0.717, 1.165) is 36.5 Å². The maximum atomic E-state index is 13.9. The van der Waals surface area contributed by atoms with Crippen LogP contribution in [0.4, 0.5) is 4.39 Å². The number of halogens is 1. The van der Waals surface area contributed by atoms with Crippen LogP contribution >= 0.6 is 11.8 Å². The molecule has 1 aliphatic rings. The highest BCUT2D eigenvalue weighted by molar-refractivity contribution is 8.00. The highest BCUT2D eigenvalue weighted by Crippen LogP contribution is 2.32. The number of ether oxygens (including phenoxy) is 1. The molecule has 0 saturated carbocycles. The maximum absolute atomic E-state index is 13.9. The highest BCUT2D eigenvalue weighted by atomic mass is 32.2. The smallest absolute Gasteiger partial charge is 0.137 e. The van der Waals surface area contributed by atoms with Crippen LogP contribution in [0.3, 0.4) is 0 Å². The van der Waals surface area contributed by atoms with Gasteiger partial charge in [-0.05, 0) is 37.5 Å². The Morgan fingerprint density at radius 1 is 1.41 bits per heavy atom. The van der Waals surface area contributed by atoms with Crippen molar-refractivity contribution in [1.29, 1.82) is 0 Å². The van der Waals surface area contributed by atoms with Gasteiger partial charge in [-0.1, -0.05) is 6.07 Å². The Balaban J connectivity index is 2.05. The molecule has 94 valence electrons. The molecule has 4 heteroatoms. The van der Waals surface area contributed by atoms with Crippen LogP contribution in [0.2, 0.25) is 0 Å². The topological polar surface area (TPSA) is 35.2 Å². The lowest BCUT2D eigenvalue weighted by Gasteiger charge is -2.21. The monoisotopic (exact) mass is 255 g/mol. The zero-order valence-electron chi connectivity index (χ0n) is 9.99.